The fourth-order valence-electron chi connectivity index (χ4n) is 5.30. The van der Waals surface area contributed by atoms with Crippen molar-refractivity contribution in [3.63, 3.8) is 0 Å². The molecule has 1 fully saturated rings. The standard InChI is InChI=1S/C30H34N4O7/c1-18-15-33(28(37)32-27(18)36)25-13-19(34(41-25)16-26(35)40-30(2,3)4)14-31-29(38)39-17-24-22-11-7-5-9-20(22)21-10-6-8-12-23(21)24/h5-12,15,19,24-25H,13-14,16-17H2,1-4H3,(H,31,38)(H,32,36,37)/t19-,25+/m0/s1. The highest BCUT2D eigenvalue weighted by Gasteiger charge is 2.38. The molecule has 0 spiro atoms. The number of aromatic amines is 1. The second-order valence-electron chi connectivity index (χ2n) is 11.3. The van der Waals surface area contributed by atoms with Gasteiger partial charge in [-0.2, -0.15) is 5.06 Å². The van der Waals surface area contributed by atoms with Gasteiger partial charge < -0.3 is 14.8 Å². The molecule has 5 rings (SSSR count). The van der Waals surface area contributed by atoms with Crippen molar-refractivity contribution in [2.75, 3.05) is 19.7 Å². The van der Waals surface area contributed by atoms with Gasteiger partial charge in [-0.25, -0.2) is 9.59 Å². The first-order valence-corrected chi connectivity index (χ1v) is 13.6. The molecule has 1 aliphatic heterocycles. The second-order valence-corrected chi connectivity index (χ2v) is 11.3. The summed E-state index contributed by atoms with van der Waals surface area (Å²) in [7, 11) is 0. The minimum Gasteiger partial charge on any atom is -0.459 e. The molecular formula is C30H34N4O7. The maximum Gasteiger partial charge on any atom is 0.407 e. The number of aromatic nitrogens is 2. The van der Waals surface area contributed by atoms with Gasteiger partial charge in [0.2, 0.25) is 0 Å². The number of nitrogens with one attached hydrogen (secondary N) is 2. The predicted octanol–water partition coefficient (Wildman–Crippen LogP) is 3.23. The van der Waals surface area contributed by atoms with Crippen LogP contribution in [0, 0.1) is 6.92 Å². The van der Waals surface area contributed by atoms with Gasteiger partial charge in [0.1, 0.15) is 18.8 Å². The summed E-state index contributed by atoms with van der Waals surface area (Å²) >= 11 is 0. The van der Waals surface area contributed by atoms with Gasteiger partial charge in [-0.05, 0) is 49.9 Å². The molecule has 1 amide bonds. The Morgan fingerprint density at radius 3 is 2.32 bits per heavy atom. The summed E-state index contributed by atoms with van der Waals surface area (Å²) in [4.78, 5) is 57.9. The highest BCUT2D eigenvalue weighted by Crippen LogP contribution is 2.44. The molecule has 2 aliphatic rings. The highest BCUT2D eigenvalue weighted by molar-refractivity contribution is 5.79. The summed E-state index contributed by atoms with van der Waals surface area (Å²) < 4.78 is 12.4. The molecule has 11 nitrogen and oxygen atoms in total. The Morgan fingerprint density at radius 1 is 1.05 bits per heavy atom. The Bertz CT molecular complexity index is 1530. The lowest BCUT2D eigenvalue weighted by Gasteiger charge is -2.25. The number of hydroxylamine groups is 2. The maximum absolute atomic E-state index is 12.8. The van der Waals surface area contributed by atoms with E-state index < -0.39 is 41.2 Å². The number of fused-ring (bicyclic) bond motifs is 3. The van der Waals surface area contributed by atoms with Crippen LogP contribution in [0.1, 0.15) is 56.0 Å². The molecule has 0 bridgehead atoms. The Balaban J connectivity index is 1.25. The molecule has 216 valence electrons. The van der Waals surface area contributed by atoms with Crippen molar-refractivity contribution in [1.29, 1.82) is 0 Å². The predicted molar refractivity (Wildman–Crippen MR) is 150 cm³/mol. The summed E-state index contributed by atoms with van der Waals surface area (Å²) in [6.45, 7) is 6.90. The van der Waals surface area contributed by atoms with E-state index >= 15 is 0 Å². The normalized spacial score (nSPS) is 18.5. The fraction of sp³-hybridized carbons (Fsp3) is 0.400. The number of alkyl carbamates (subject to hydrolysis) is 1. The third-order valence-corrected chi connectivity index (χ3v) is 7.12. The topological polar surface area (TPSA) is 132 Å². The van der Waals surface area contributed by atoms with Gasteiger partial charge >= 0.3 is 17.8 Å². The number of ether oxygens (including phenoxy) is 2. The minimum absolute atomic E-state index is 0.0774. The number of hydrogen-bond acceptors (Lipinski definition) is 8. The molecule has 2 atom stereocenters. The van der Waals surface area contributed by atoms with Crippen LogP contribution in [0.4, 0.5) is 4.79 Å². The number of carbonyl (C=O) groups is 2. The SMILES string of the molecule is Cc1cn([C@H]2C[C@@H](CNC(=O)OCC3c4ccccc4-c4ccccc43)N(CC(=O)OC(C)(C)C)O2)c(=O)[nH]c1=O. The lowest BCUT2D eigenvalue weighted by molar-refractivity contribution is -0.199. The third-order valence-electron chi connectivity index (χ3n) is 7.12. The zero-order valence-corrected chi connectivity index (χ0v) is 23.5. The lowest BCUT2D eigenvalue weighted by Crippen LogP contribution is -2.43. The molecule has 41 heavy (non-hydrogen) atoms. The average molecular weight is 563 g/mol. The monoisotopic (exact) mass is 562 g/mol. The van der Waals surface area contributed by atoms with Crippen molar-refractivity contribution >= 4 is 12.1 Å². The first-order valence-electron chi connectivity index (χ1n) is 13.6. The van der Waals surface area contributed by atoms with E-state index in [-0.39, 0.29) is 32.0 Å². The molecule has 3 aromatic rings. The number of rotatable bonds is 7. The quantitative estimate of drug-likeness (QED) is 0.420. The third kappa shape index (κ3) is 6.26. The molecule has 0 saturated carbocycles. The summed E-state index contributed by atoms with van der Waals surface area (Å²) in [6.07, 6.45) is 0.274. The van der Waals surface area contributed by atoms with Crippen LogP contribution in [0.15, 0.2) is 64.3 Å². The van der Waals surface area contributed by atoms with Gasteiger partial charge in [0.15, 0.2) is 6.23 Å². The minimum atomic E-state index is -0.796. The van der Waals surface area contributed by atoms with Crippen LogP contribution in [-0.4, -0.2) is 58.0 Å². The van der Waals surface area contributed by atoms with Crippen LogP contribution in [-0.2, 0) is 19.1 Å². The van der Waals surface area contributed by atoms with Crippen molar-refractivity contribution in [2.45, 2.75) is 57.9 Å². The molecule has 0 radical (unpaired) electrons. The lowest BCUT2D eigenvalue weighted by atomic mass is 9.98. The Morgan fingerprint density at radius 2 is 1.68 bits per heavy atom. The van der Waals surface area contributed by atoms with Crippen LogP contribution >= 0.6 is 0 Å². The molecular weight excluding hydrogens is 528 g/mol. The zero-order chi connectivity index (χ0) is 29.3. The highest BCUT2D eigenvalue weighted by atomic mass is 16.7. The largest absolute Gasteiger partial charge is 0.459 e. The number of amides is 1. The van der Waals surface area contributed by atoms with Gasteiger partial charge in [-0.1, -0.05) is 48.5 Å². The van der Waals surface area contributed by atoms with Crippen molar-refractivity contribution in [2.24, 2.45) is 0 Å². The molecule has 2 heterocycles. The van der Waals surface area contributed by atoms with E-state index in [1.54, 1.807) is 27.7 Å². The fourth-order valence-corrected chi connectivity index (χ4v) is 5.30. The van der Waals surface area contributed by atoms with E-state index in [1.165, 1.54) is 15.8 Å². The van der Waals surface area contributed by atoms with Crippen LogP contribution in [0.3, 0.4) is 0 Å². The number of hydrogen-bond donors (Lipinski definition) is 2. The summed E-state index contributed by atoms with van der Waals surface area (Å²) in [5.41, 5.74) is 3.02. The summed E-state index contributed by atoms with van der Waals surface area (Å²) in [6, 6.07) is 15.7. The van der Waals surface area contributed by atoms with Crippen LogP contribution < -0.4 is 16.6 Å². The molecule has 1 saturated heterocycles. The van der Waals surface area contributed by atoms with Crippen LogP contribution in [0.2, 0.25) is 0 Å². The number of benzene rings is 2. The van der Waals surface area contributed by atoms with Crippen molar-refractivity contribution in [3.8, 4) is 11.1 Å². The van der Waals surface area contributed by atoms with E-state index in [4.69, 9.17) is 14.3 Å². The van der Waals surface area contributed by atoms with E-state index in [1.807, 2.05) is 36.4 Å². The van der Waals surface area contributed by atoms with Crippen molar-refractivity contribution < 1.29 is 23.9 Å². The number of nitrogens with zero attached hydrogens (tertiary/aromatic N) is 2. The van der Waals surface area contributed by atoms with Gasteiger partial charge in [0, 0.05) is 30.6 Å². The van der Waals surface area contributed by atoms with Gasteiger partial charge in [0.05, 0.1) is 6.04 Å². The Labute approximate surface area is 237 Å². The number of carbonyl (C=O) groups excluding carboxylic acids is 2. The molecule has 11 heteroatoms. The van der Waals surface area contributed by atoms with Gasteiger partial charge in [-0.15, -0.1) is 0 Å². The molecule has 0 unspecified atom stereocenters. The first kappa shape index (κ1) is 28.3. The first-order chi connectivity index (χ1) is 19.5. The molecule has 2 aromatic carbocycles. The smallest absolute Gasteiger partial charge is 0.407 e. The summed E-state index contributed by atoms with van der Waals surface area (Å²) in [5.74, 6) is -0.597. The number of H-pyrrole nitrogens is 1. The van der Waals surface area contributed by atoms with Crippen LogP contribution in [0.5, 0.6) is 0 Å². The summed E-state index contributed by atoms with van der Waals surface area (Å²) in [5, 5.41) is 4.17. The van der Waals surface area contributed by atoms with E-state index in [0.29, 0.717) is 5.56 Å². The Hall–Kier alpha value is -4.22. The Kier molecular flexibility index (Phi) is 7.83. The van der Waals surface area contributed by atoms with Crippen LogP contribution in [0.25, 0.3) is 11.1 Å². The zero-order valence-electron chi connectivity index (χ0n) is 23.5. The van der Waals surface area contributed by atoms with Gasteiger partial charge in [0.25, 0.3) is 5.56 Å². The van der Waals surface area contributed by atoms with Gasteiger partial charge in [-0.3, -0.25) is 24.0 Å². The van der Waals surface area contributed by atoms with E-state index in [9.17, 15) is 19.2 Å². The molecule has 1 aromatic heterocycles. The van der Waals surface area contributed by atoms with E-state index in [0.717, 1.165) is 22.3 Å². The maximum atomic E-state index is 12.8. The molecule has 2 N–H and O–H groups in total. The number of aryl methyl sites for hydroxylation is 1. The average Bonchev–Trinajstić information content (AvgIpc) is 3.45. The number of esters is 1. The van der Waals surface area contributed by atoms with Crippen molar-refractivity contribution in [1.82, 2.24) is 19.9 Å². The second kappa shape index (κ2) is 11.3. The molecule has 1 aliphatic carbocycles. The van der Waals surface area contributed by atoms with E-state index in [2.05, 4.69) is 22.4 Å². The van der Waals surface area contributed by atoms with Crippen molar-refractivity contribution in [3.05, 3.63) is 92.3 Å².